The van der Waals surface area contributed by atoms with Crippen molar-refractivity contribution in [3.63, 3.8) is 0 Å². The summed E-state index contributed by atoms with van der Waals surface area (Å²) < 4.78 is 23.8. The Morgan fingerprint density at radius 1 is 1.06 bits per heavy atom. The normalized spacial score (nSPS) is 24.0. The minimum atomic E-state index is -0.747. The topological polar surface area (TPSA) is 87.3 Å². The number of hydrogen-bond donors (Lipinski definition) is 2. The number of halogens is 1. The third-order valence-electron chi connectivity index (χ3n) is 5.66. The van der Waals surface area contributed by atoms with Gasteiger partial charge >= 0.3 is 6.09 Å². The number of rotatable bonds is 13. The van der Waals surface area contributed by atoms with Gasteiger partial charge < -0.3 is 23.8 Å². The molecule has 9 heteroatoms. The highest BCUT2D eigenvalue weighted by Gasteiger charge is 2.54. The van der Waals surface area contributed by atoms with Crippen LogP contribution in [-0.2, 0) is 23.8 Å². The van der Waals surface area contributed by atoms with Crippen LogP contribution in [0.2, 0.25) is 5.02 Å². The minimum absolute atomic E-state index is 0.389. The van der Waals surface area contributed by atoms with E-state index in [9.17, 15) is 4.79 Å². The number of carbonyl (C=O) groups excluding carboxylic acids is 1. The zero-order valence-corrected chi connectivity index (χ0v) is 21.1. The highest BCUT2D eigenvalue weighted by atomic mass is 35.5. The Bertz CT molecular complexity index is 801. The number of ether oxygens (including phenoxy) is 4. The maximum absolute atomic E-state index is 12.0. The maximum Gasteiger partial charge on any atom is 0.435 e. The molecule has 0 radical (unpaired) electrons. The summed E-state index contributed by atoms with van der Waals surface area (Å²) in [7, 11) is 0. The summed E-state index contributed by atoms with van der Waals surface area (Å²) in [6.45, 7) is 6.51. The van der Waals surface area contributed by atoms with E-state index in [1.807, 2.05) is 13.8 Å². The molecule has 3 rings (SSSR count). The lowest BCUT2D eigenvalue weighted by atomic mass is 10.1. The molecule has 0 saturated carbocycles. The fourth-order valence-electron chi connectivity index (χ4n) is 3.97. The first kappa shape index (κ1) is 26.6. The summed E-state index contributed by atoms with van der Waals surface area (Å²) in [6.07, 6.45) is 9.16. The van der Waals surface area contributed by atoms with Gasteiger partial charge in [-0.1, -0.05) is 63.5 Å². The van der Waals surface area contributed by atoms with Crippen LogP contribution in [0, 0.1) is 0 Å². The van der Waals surface area contributed by atoms with Crippen molar-refractivity contribution in [1.29, 1.82) is 0 Å². The Balaban J connectivity index is 1.44. The Labute approximate surface area is 207 Å². The van der Waals surface area contributed by atoms with Crippen molar-refractivity contribution < 1.29 is 28.6 Å². The van der Waals surface area contributed by atoms with Gasteiger partial charge in [-0.3, -0.25) is 5.32 Å². The molecular formula is C25H37ClN2O6. The summed E-state index contributed by atoms with van der Waals surface area (Å²) in [4.78, 5) is 17.0. The van der Waals surface area contributed by atoms with Crippen LogP contribution in [-0.4, -0.2) is 37.0 Å². The lowest BCUT2D eigenvalue weighted by Crippen LogP contribution is -2.32. The molecule has 8 nitrogen and oxygen atoms in total. The van der Waals surface area contributed by atoms with Gasteiger partial charge in [0.25, 0.3) is 0 Å². The van der Waals surface area contributed by atoms with Crippen molar-refractivity contribution >= 4 is 23.4 Å². The number of hydroxylamine groups is 1. The number of carbonyl (C=O) groups is 1. The van der Waals surface area contributed by atoms with Gasteiger partial charge in [-0.2, -0.15) is 0 Å². The Morgan fingerprint density at radius 3 is 2.44 bits per heavy atom. The van der Waals surface area contributed by atoms with Gasteiger partial charge in [0.05, 0.1) is 6.20 Å². The van der Waals surface area contributed by atoms with Crippen LogP contribution in [0.25, 0.3) is 0 Å². The van der Waals surface area contributed by atoms with Crippen molar-refractivity contribution in [2.24, 2.45) is 0 Å². The first-order valence-electron chi connectivity index (χ1n) is 12.2. The second kappa shape index (κ2) is 13.2. The number of hydrogen-bond acceptors (Lipinski definition) is 7. The Kier molecular flexibility index (Phi) is 10.3. The van der Waals surface area contributed by atoms with Gasteiger partial charge in [0.2, 0.25) is 6.29 Å². The van der Waals surface area contributed by atoms with E-state index in [0.29, 0.717) is 23.1 Å². The molecule has 2 saturated heterocycles. The van der Waals surface area contributed by atoms with Gasteiger partial charge in [-0.25, -0.2) is 10.3 Å². The number of nitrogens with one attached hydrogen (secondary N) is 2. The fraction of sp³-hybridized carbons (Fsp3) is 0.640. The molecule has 2 fully saturated rings. The van der Waals surface area contributed by atoms with E-state index in [1.54, 1.807) is 24.3 Å². The lowest BCUT2D eigenvalue weighted by Gasteiger charge is -2.22. The molecule has 1 aromatic carbocycles. The third-order valence-corrected chi connectivity index (χ3v) is 5.91. The number of fused-ring (bicyclic) bond motifs is 1. The zero-order valence-electron chi connectivity index (χ0n) is 20.3. The molecule has 2 aliphatic heterocycles. The van der Waals surface area contributed by atoms with E-state index in [-0.39, 0.29) is 6.10 Å². The van der Waals surface area contributed by atoms with Crippen molar-refractivity contribution in [3.05, 3.63) is 41.2 Å². The molecule has 0 aliphatic carbocycles. The standard InChI is InChI=1S/C25H37ClN2O6/c1-4-5-6-7-8-9-10-11-16-30-21-20(31-23-22(21)32-25(2,3)33-23)17-27-34-24(29)28-19-14-12-18(26)13-15-19/h12-15,17,21-23,27H,4-11,16H2,1-3H3,(H,28,29)/t21-,22+,23+/m0/s1. The van der Waals surface area contributed by atoms with E-state index < -0.39 is 24.3 Å². The summed E-state index contributed by atoms with van der Waals surface area (Å²) in [6, 6.07) is 6.70. The van der Waals surface area contributed by atoms with Gasteiger partial charge in [0.15, 0.2) is 17.7 Å². The van der Waals surface area contributed by atoms with Crippen LogP contribution in [0.4, 0.5) is 10.5 Å². The molecule has 0 spiro atoms. The second-order valence-corrected chi connectivity index (χ2v) is 9.48. The molecule has 2 N–H and O–H groups in total. The maximum atomic E-state index is 12.0. The molecule has 0 bridgehead atoms. The molecular weight excluding hydrogens is 460 g/mol. The van der Waals surface area contributed by atoms with Crippen LogP contribution in [0.1, 0.15) is 72.1 Å². The predicted octanol–water partition coefficient (Wildman–Crippen LogP) is 6.27. The highest BCUT2D eigenvalue weighted by molar-refractivity contribution is 6.30. The summed E-state index contributed by atoms with van der Waals surface area (Å²) in [5.41, 5.74) is 3.08. The van der Waals surface area contributed by atoms with Crippen LogP contribution in [0.15, 0.2) is 36.2 Å². The average molecular weight is 497 g/mol. The number of amides is 1. The fourth-order valence-corrected chi connectivity index (χ4v) is 4.10. The van der Waals surface area contributed by atoms with Gasteiger partial charge in [0.1, 0.15) is 6.10 Å². The summed E-state index contributed by atoms with van der Waals surface area (Å²) in [5.74, 6) is -0.284. The van der Waals surface area contributed by atoms with Crippen molar-refractivity contribution in [3.8, 4) is 0 Å². The van der Waals surface area contributed by atoms with Gasteiger partial charge in [0, 0.05) is 17.3 Å². The highest BCUT2D eigenvalue weighted by Crippen LogP contribution is 2.40. The van der Waals surface area contributed by atoms with E-state index >= 15 is 0 Å². The predicted molar refractivity (Wildman–Crippen MR) is 130 cm³/mol. The SMILES string of the molecule is CCCCCCCCCCO[C@H]1C(=CNOC(=O)Nc2ccc(Cl)cc2)O[C@@H]2OC(C)(C)O[C@@H]21. The molecule has 1 aromatic rings. The van der Waals surface area contributed by atoms with Crippen LogP contribution >= 0.6 is 11.6 Å². The molecule has 2 heterocycles. The van der Waals surface area contributed by atoms with Crippen molar-refractivity contribution in [1.82, 2.24) is 5.48 Å². The van der Waals surface area contributed by atoms with Gasteiger partial charge in [-0.15, -0.1) is 0 Å². The monoisotopic (exact) mass is 496 g/mol. The number of unbranched alkanes of at least 4 members (excludes halogenated alkanes) is 7. The lowest BCUT2D eigenvalue weighted by molar-refractivity contribution is -0.191. The zero-order chi connectivity index (χ0) is 24.4. The number of benzene rings is 1. The second-order valence-electron chi connectivity index (χ2n) is 9.04. The summed E-state index contributed by atoms with van der Waals surface area (Å²) in [5, 5.41) is 3.17. The molecule has 2 aliphatic rings. The van der Waals surface area contributed by atoms with Crippen LogP contribution < -0.4 is 10.8 Å². The average Bonchev–Trinajstić information content (AvgIpc) is 3.25. The van der Waals surface area contributed by atoms with Crippen molar-refractivity contribution in [2.45, 2.75) is 96.4 Å². The Morgan fingerprint density at radius 2 is 1.74 bits per heavy atom. The molecule has 3 atom stereocenters. The number of anilines is 1. The van der Waals surface area contributed by atoms with Crippen molar-refractivity contribution in [2.75, 3.05) is 11.9 Å². The quantitative estimate of drug-likeness (QED) is 0.246. The van der Waals surface area contributed by atoms with Crippen LogP contribution in [0.3, 0.4) is 0 Å². The van der Waals surface area contributed by atoms with E-state index in [4.69, 9.17) is 35.4 Å². The van der Waals surface area contributed by atoms with E-state index in [2.05, 4.69) is 17.7 Å². The molecule has 34 heavy (non-hydrogen) atoms. The minimum Gasteiger partial charge on any atom is -0.462 e. The van der Waals surface area contributed by atoms with E-state index in [1.165, 1.54) is 44.7 Å². The Hall–Kier alpha value is -2.00. The first-order chi connectivity index (χ1) is 16.4. The first-order valence-corrected chi connectivity index (χ1v) is 12.6. The smallest absolute Gasteiger partial charge is 0.435 e. The van der Waals surface area contributed by atoms with E-state index in [0.717, 1.165) is 12.8 Å². The summed E-state index contributed by atoms with van der Waals surface area (Å²) >= 11 is 5.85. The molecule has 0 aromatic heterocycles. The van der Waals surface area contributed by atoms with Crippen LogP contribution in [0.5, 0.6) is 0 Å². The molecule has 190 valence electrons. The molecule has 1 amide bonds. The van der Waals surface area contributed by atoms with Gasteiger partial charge in [-0.05, 0) is 44.5 Å². The third kappa shape index (κ3) is 8.34. The largest absolute Gasteiger partial charge is 0.462 e. The molecule has 0 unspecified atom stereocenters.